The van der Waals surface area contributed by atoms with Crippen LogP contribution in [0.3, 0.4) is 0 Å². The van der Waals surface area contributed by atoms with Crippen LogP contribution in [0.2, 0.25) is 0 Å². The van der Waals surface area contributed by atoms with Crippen LogP contribution < -0.4 is 10.5 Å². The fourth-order valence-electron chi connectivity index (χ4n) is 1.73. The molecule has 2 aromatic rings. The molecule has 2 rings (SSSR count). The summed E-state index contributed by atoms with van der Waals surface area (Å²) in [5, 5.41) is 10.1. The minimum Gasteiger partial charge on any atom is -0.491 e. The van der Waals surface area contributed by atoms with Crippen LogP contribution in [-0.4, -0.2) is 17.6 Å². The number of ether oxygens (including phenoxy) is 1. The number of halogens is 1. The lowest BCUT2D eigenvalue weighted by atomic mass is 10.1. The van der Waals surface area contributed by atoms with Crippen LogP contribution in [-0.2, 0) is 0 Å². The topological polar surface area (TPSA) is 72.6 Å². The lowest BCUT2D eigenvalue weighted by Crippen LogP contribution is -2.12. The minimum absolute atomic E-state index is 0.124. The molecule has 0 radical (unpaired) electrons. The van der Waals surface area contributed by atoms with Crippen molar-refractivity contribution in [2.24, 2.45) is 5.73 Å². The van der Waals surface area contributed by atoms with Crippen molar-refractivity contribution in [1.82, 2.24) is 0 Å². The summed E-state index contributed by atoms with van der Waals surface area (Å²) in [5.41, 5.74) is 6.34. The maximum absolute atomic E-state index is 10.9. The van der Waals surface area contributed by atoms with Gasteiger partial charge in [-0.1, -0.05) is 34.1 Å². The van der Waals surface area contributed by atoms with Gasteiger partial charge in [-0.25, -0.2) is 0 Å². The van der Waals surface area contributed by atoms with Crippen molar-refractivity contribution < 1.29 is 14.6 Å². The van der Waals surface area contributed by atoms with Gasteiger partial charge in [0.1, 0.15) is 18.5 Å². The van der Waals surface area contributed by atoms with Crippen LogP contribution >= 0.6 is 15.9 Å². The molecule has 0 aliphatic carbocycles. The van der Waals surface area contributed by atoms with Crippen molar-refractivity contribution in [1.29, 1.82) is 0 Å². The van der Waals surface area contributed by atoms with Crippen molar-refractivity contribution >= 4 is 21.8 Å². The fourth-order valence-corrected chi connectivity index (χ4v) is 2.27. The number of hydrogen-bond donors (Lipinski definition) is 2. The number of aliphatic hydroxyl groups is 1. The minimum atomic E-state index is -0.735. The number of aliphatic hydroxyl groups excluding tert-OH is 1. The molecule has 0 saturated carbocycles. The Morgan fingerprint density at radius 1 is 1.20 bits per heavy atom. The summed E-state index contributed by atoms with van der Waals surface area (Å²) in [6.45, 7) is 0.124. The first kappa shape index (κ1) is 14.6. The maximum atomic E-state index is 10.9. The summed E-state index contributed by atoms with van der Waals surface area (Å²) >= 11 is 3.38. The number of amides is 1. The van der Waals surface area contributed by atoms with E-state index in [1.807, 2.05) is 24.3 Å². The molecule has 1 amide bonds. The average Bonchev–Trinajstić information content (AvgIpc) is 2.45. The summed E-state index contributed by atoms with van der Waals surface area (Å²) in [6.07, 6.45) is -0.735. The lowest BCUT2D eigenvalue weighted by molar-refractivity contribution is 0.0999. The van der Waals surface area contributed by atoms with Crippen LogP contribution in [0.25, 0.3) is 0 Å². The number of nitrogens with two attached hydrogens (primary N) is 1. The van der Waals surface area contributed by atoms with Gasteiger partial charge in [0.2, 0.25) is 5.91 Å². The Hall–Kier alpha value is -1.85. The molecule has 20 heavy (non-hydrogen) atoms. The van der Waals surface area contributed by atoms with Gasteiger partial charge in [-0.15, -0.1) is 0 Å². The molecular formula is C15H14BrNO3. The summed E-state index contributed by atoms with van der Waals surface area (Å²) in [5.74, 6) is 0.0888. The molecule has 3 N–H and O–H groups in total. The lowest BCUT2D eigenvalue weighted by Gasteiger charge is -2.14. The predicted octanol–water partition coefficient (Wildman–Crippen LogP) is 2.66. The van der Waals surface area contributed by atoms with Gasteiger partial charge in [0.15, 0.2) is 0 Å². The van der Waals surface area contributed by atoms with Crippen LogP contribution in [0.15, 0.2) is 53.0 Å². The Morgan fingerprint density at radius 3 is 2.45 bits per heavy atom. The molecule has 0 bridgehead atoms. The molecule has 0 spiro atoms. The molecular weight excluding hydrogens is 322 g/mol. The Labute approximate surface area is 125 Å². The highest BCUT2D eigenvalue weighted by Crippen LogP contribution is 2.24. The van der Waals surface area contributed by atoms with Crippen LogP contribution in [0.1, 0.15) is 22.0 Å². The molecule has 1 atom stereocenters. The van der Waals surface area contributed by atoms with E-state index < -0.39 is 12.0 Å². The van der Waals surface area contributed by atoms with Crippen molar-refractivity contribution in [2.75, 3.05) is 6.61 Å². The smallest absolute Gasteiger partial charge is 0.248 e. The number of carbonyl (C=O) groups excluding carboxylic acids is 1. The SMILES string of the molecule is NC(=O)c1ccc(OCC(O)c2ccccc2Br)cc1. The van der Waals surface area contributed by atoms with Gasteiger partial charge in [-0.2, -0.15) is 0 Å². The zero-order valence-electron chi connectivity index (χ0n) is 10.6. The van der Waals surface area contributed by atoms with E-state index in [0.29, 0.717) is 11.3 Å². The highest BCUT2D eigenvalue weighted by molar-refractivity contribution is 9.10. The monoisotopic (exact) mass is 335 g/mol. The Morgan fingerprint density at radius 2 is 1.85 bits per heavy atom. The van der Waals surface area contributed by atoms with Crippen LogP contribution in [0.5, 0.6) is 5.75 Å². The van der Waals surface area contributed by atoms with E-state index in [9.17, 15) is 9.90 Å². The summed E-state index contributed by atoms with van der Waals surface area (Å²) in [4.78, 5) is 10.9. The molecule has 1 unspecified atom stereocenters. The predicted molar refractivity (Wildman–Crippen MR) is 79.6 cm³/mol. The Bertz CT molecular complexity index is 598. The third-order valence-electron chi connectivity index (χ3n) is 2.81. The van der Waals surface area contributed by atoms with E-state index in [-0.39, 0.29) is 6.61 Å². The first-order valence-electron chi connectivity index (χ1n) is 6.03. The molecule has 4 nitrogen and oxygen atoms in total. The highest BCUT2D eigenvalue weighted by Gasteiger charge is 2.11. The first-order chi connectivity index (χ1) is 9.58. The highest BCUT2D eigenvalue weighted by atomic mass is 79.9. The molecule has 0 aliphatic heterocycles. The summed E-state index contributed by atoms with van der Waals surface area (Å²) < 4.78 is 6.32. The molecule has 5 heteroatoms. The molecule has 0 heterocycles. The number of primary amides is 1. The van der Waals surface area contributed by atoms with Crippen LogP contribution in [0, 0.1) is 0 Å². The zero-order valence-corrected chi connectivity index (χ0v) is 12.2. The van der Waals surface area contributed by atoms with E-state index in [4.69, 9.17) is 10.5 Å². The van der Waals surface area contributed by atoms with E-state index in [1.54, 1.807) is 24.3 Å². The number of hydrogen-bond acceptors (Lipinski definition) is 3. The first-order valence-corrected chi connectivity index (χ1v) is 6.82. The van der Waals surface area contributed by atoms with E-state index in [0.717, 1.165) is 10.0 Å². The summed E-state index contributed by atoms with van der Waals surface area (Å²) in [6, 6.07) is 13.9. The van der Waals surface area contributed by atoms with Crippen molar-refractivity contribution in [2.45, 2.75) is 6.10 Å². The third-order valence-corrected chi connectivity index (χ3v) is 3.53. The number of carbonyl (C=O) groups is 1. The van der Waals surface area contributed by atoms with Crippen LogP contribution in [0.4, 0.5) is 0 Å². The molecule has 0 fully saturated rings. The van der Waals surface area contributed by atoms with Gasteiger partial charge in [-0.3, -0.25) is 4.79 Å². The normalized spacial score (nSPS) is 11.9. The van der Waals surface area contributed by atoms with Gasteiger partial charge in [0.05, 0.1) is 0 Å². The van der Waals surface area contributed by atoms with E-state index in [2.05, 4.69) is 15.9 Å². The third kappa shape index (κ3) is 3.59. The molecule has 0 saturated heterocycles. The standard InChI is InChI=1S/C15H14BrNO3/c16-13-4-2-1-3-12(13)14(18)9-20-11-7-5-10(6-8-11)15(17)19/h1-8,14,18H,9H2,(H2,17,19). The number of rotatable bonds is 5. The Kier molecular flexibility index (Phi) is 4.76. The van der Waals surface area contributed by atoms with Crippen molar-refractivity contribution in [3.63, 3.8) is 0 Å². The van der Waals surface area contributed by atoms with Gasteiger partial charge >= 0.3 is 0 Å². The van der Waals surface area contributed by atoms with Gasteiger partial charge in [-0.05, 0) is 35.9 Å². The van der Waals surface area contributed by atoms with Crippen molar-refractivity contribution in [3.05, 3.63) is 64.1 Å². The molecule has 0 aliphatic rings. The average molecular weight is 336 g/mol. The maximum Gasteiger partial charge on any atom is 0.248 e. The Balaban J connectivity index is 1.98. The second-order valence-electron chi connectivity index (χ2n) is 4.24. The second-order valence-corrected chi connectivity index (χ2v) is 5.09. The summed E-state index contributed by atoms with van der Waals surface area (Å²) in [7, 11) is 0. The quantitative estimate of drug-likeness (QED) is 0.882. The number of benzene rings is 2. The van der Waals surface area contributed by atoms with Gasteiger partial charge in [0.25, 0.3) is 0 Å². The fraction of sp³-hybridized carbons (Fsp3) is 0.133. The largest absolute Gasteiger partial charge is 0.491 e. The molecule has 104 valence electrons. The van der Waals surface area contributed by atoms with Gasteiger partial charge in [0, 0.05) is 10.0 Å². The zero-order chi connectivity index (χ0) is 14.5. The van der Waals surface area contributed by atoms with E-state index >= 15 is 0 Å². The van der Waals surface area contributed by atoms with Gasteiger partial charge < -0.3 is 15.6 Å². The van der Waals surface area contributed by atoms with Crippen molar-refractivity contribution in [3.8, 4) is 5.75 Å². The second kappa shape index (κ2) is 6.54. The molecule has 0 aromatic heterocycles. The molecule has 2 aromatic carbocycles. The van der Waals surface area contributed by atoms with E-state index in [1.165, 1.54) is 0 Å².